The van der Waals surface area contributed by atoms with Crippen LogP contribution in [0.2, 0.25) is 0 Å². The number of benzene rings is 2. The minimum Gasteiger partial charge on any atom is -0.368 e. The molecule has 7 nitrogen and oxygen atoms in total. The lowest BCUT2D eigenvalue weighted by Crippen LogP contribution is -2.51. The Balaban J connectivity index is 1.52. The van der Waals surface area contributed by atoms with Gasteiger partial charge in [0.2, 0.25) is 15.9 Å². The molecule has 0 unspecified atom stereocenters. The quantitative estimate of drug-likeness (QED) is 0.720. The van der Waals surface area contributed by atoms with Crippen molar-refractivity contribution in [2.75, 3.05) is 37.6 Å². The number of anilines is 1. The number of Topliss-reactive ketones (excluding diaryl/α,β-unsaturated/α-hetero) is 1. The van der Waals surface area contributed by atoms with Crippen LogP contribution in [0.3, 0.4) is 0 Å². The predicted molar refractivity (Wildman–Crippen MR) is 107 cm³/mol. The van der Waals surface area contributed by atoms with Crippen LogP contribution in [0.1, 0.15) is 17.3 Å². The van der Waals surface area contributed by atoms with Crippen LogP contribution in [0, 0.1) is 5.82 Å². The van der Waals surface area contributed by atoms with Crippen LogP contribution in [0.25, 0.3) is 0 Å². The van der Waals surface area contributed by atoms with Gasteiger partial charge in [0.25, 0.3) is 0 Å². The molecule has 0 aliphatic carbocycles. The van der Waals surface area contributed by atoms with Gasteiger partial charge in [0.1, 0.15) is 5.82 Å². The molecule has 3 rings (SSSR count). The Kier molecular flexibility index (Phi) is 6.29. The van der Waals surface area contributed by atoms with Gasteiger partial charge in [-0.2, -0.15) is 0 Å². The van der Waals surface area contributed by atoms with Gasteiger partial charge in [-0.1, -0.05) is 0 Å². The van der Waals surface area contributed by atoms with Crippen molar-refractivity contribution in [3.05, 3.63) is 59.9 Å². The highest BCUT2D eigenvalue weighted by Gasteiger charge is 2.23. The maximum atomic E-state index is 12.9. The molecule has 1 heterocycles. The Labute approximate surface area is 169 Å². The Hall–Kier alpha value is -2.78. The largest absolute Gasteiger partial charge is 0.368 e. The summed E-state index contributed by atoms with van der Waals surface area (Å²) in [7, 11) is -3.88. The topological polar surface area (TPSA) is 86.8 Å². The van der Waals surface area contributed by atoms with E-state index in [1.54, 1.807) is 17.0 Å². The summed E-state index contributed by atoms with van der Waals surface area (Å²) in [6.07, 6.45) is 0. The van der Waals surface area contributed by atoms with Crippen LogP contribution in [-0.2, 0) is 14.8 Å². The fraction of sp³-hybridized carbons (Fsp3) is 0.300. The van der Waals surface area contributed by atoms with E-state index in [-0.39, 0.29) is 23.1 Å². The van der Waals surface area contributed by atoms with Crippen LogP contribution in [0.4, 0.5) is 10.1 Å². The molecule has 154 valence electrons. The van der Waals surface area contributed by atoms with Gasteiger partial charge in [0.15, 0.2) is 5.78 Å². The first-order valence-electron chi connectivity index (χ1n) is 9.15. The summed E-state index contributed by atoms with van der Waals surface area (Å²) in [6, 6.07) is 11.7. The molecule has 1 saturated heterocycles. The highest BCUT2D eigenvalue weighted by molar-refractivity contribution is 7.89. The molecule has 1 aliphatic rings. The number of carbonyl (C=O) groups is 2. The third kappa shape index (κ3) is 5.18. The number of rotatable bonds is 6. The summed E-state index contributed by atoms with van der Waals surface area (Å²) >= 11 is 0. The van der Waals surface area contributed by atoms with E-state index < -0.39 is 15.8 Å². The molecule has 0 spiro atoms. The Morgan fingerprint density at radius 3 is 2.10 bits per heavy atom. The van der Waals surface area contributed by atoms with E-state index in [1.807, 2.05) is 12.1 Å². The average Bonchev–Trinajstić information content (AvgIpc) is 2.72. The van der Waals surface area contributed by atoms with E-state index in [0.29, 0.717) is 31.7 Å². The first-order chi connectivity index (χ1) is 13.8. The fourth-order valence-electron chi connectivity index (χ4n) is 3.09. The smallest absolute Gasteiger partial charge is 0.241 e. The normalized spacial score (nSPS) is 14.7. The Bertz CT molecular complexity index is 983. The van der Waals surface area contributed by atoms with E-state index in [9.17, 15) is 22.4 Å². The van der Waals surface area contributed by atoms with Gasteiger partial charge in [-0.3, -0.25) is 9.59 Å². The zero-order valence-electron chi connectivity index (χ0n) is 16.0. The van der Waals surface area contributed by atoms with Gasteiger partial charge < -0.3 is 9.80 Å². The van der Waals surface area contributed by atoms with E-state index in [4.69, 9.17) is 0 Å². The highest BCUT2D eigenvalue weighted by Crippen LogP contribution is 2.18. The lowest BCUT2D eigenvalue weighted by atomic mass is 10.1. The zero-order valence-corrected chi connectivity index (χ0v) is 16.8. The molecule has 1 amide bonds. The molecular weight excluding hydrogens is 397 g/mol. The van der Waals surface area contributed by atoms with Crippen molar-refractivity contribution in [3.63, 3.8) is 0 Å². The molecule has 9 heteroatoms. The van der Waals surface area contributed by atoms with Crippen LogP contribution in [0.5, 0.6) is 0 Å². The van der Waals surface area contributed by atoms with Crippen LogP contribution < -0.4 is 9.62 Å². The predicted octanol–water partition coefficient (Wildman–Crippen LogP) is 1.66. The van der Waals surface area contributed by atoms with Gasteiger partial charge in [-0.25, -0.2) is 17.5 Å². The van der Waals surface area contributed by atoms with Crippen molar-refractivity contribution in [1.82, 2.24) is 9.62 Å². The second-order valence-electron chi connectivity index (χ2n) is 6.75. The number of nitrogens with one attached hydrogen (secondary N) is 1. The third-order valence-electron chi connectivity index (χ3n) is 4.81. The number of hydrogen-bond donors (Lipinski definition) is 1. The van der Waals surface area contributed by atoms with Crippen molar-refractivity contribution in [1.29, 1.82) is 0 Å². The Morgan fingerprint density at radius 1 is 0.966 bits per heavy atom. The summed E-state index contributed by atoms with van der Waals surface area (Å²) in [6.45, 7) is 3.31. The minimum atomic E-state index is -3.88. The van der Waals surface area contributed by atoms with Crippen molar-refractivity contribution >= 4 is 27.4 Å². The fourth-order valence-corrected chi connectivity index (χ4v) is 4.06. The van der Waals surface area contributed by atoms with Gasteiger partial charge in [-0.15, -0.1) is 0 Å². The summed E-state index contributed by atoms with van der Waals surface area (Å²) < 4.78 is 39.6. The number of ketones is 1. The maximum absolute atomic E-state index is 12.9. The molecule has 0 atom stereocenters. The maximum Gasteiger partial charge on any atom is 0.241 e. The van der Waals surface area contributed by atoms with Gasteiger partial charge >= 0.3 is 0 Å². The second-order valence-corrected chi connectivity index (χ2v) is 8.52. The number of carbonyl (C=O) groups excluding carboxylic acids is 2. The number of halogens is 1. The molecule has 1 aliphatic heterocycles. The molecule has 0 aromatic heterocycles. The number of hydrogen-bond acceptors (Lipinski definition) is 5. The number of amides is 1. The third-order valence-corrected chi connectivity index (χ3v) is 6.23. The summed E-state index contributed by atoms with van der Waals surface area (Å²) in [4.78, 5) is 27.4. The van der Waals surface area contributed by atoms with Crippen LogP contribution in [0.15, 0.2) is 53.4 Å². The van der Waals surface area contributed by atoms with E-state index in [0.717, 1.165) is 30.0 Å². The zero-order chi connectivity index (χ0) is 21.0. The van der Waals surface area contributed by atoms with Crippen molar-refractivity contribution in [3.8, 4) is 0 Å². The molecule has 0 bridgehead atoms. The molecule has 1 fully saturated rings. The lowest BCUT2D eigenvalue weighted by molar-refractivity contribution is -0.130. The molecule has 2 aromatic carbocycles. The van der Waals surface area contributed by atoms with Crippen molar-refractivity contribution < 1.29 is 22.4 Å². The molecule has 29 heavy (non-hydrogen) atoms. The van der Waals surface area contributed by atoms with Gasteiger partial charge in [0, 0.05) is 37.4 Å². The first kappa shape index (κ1) is 20.9. The van der Waals surface area contributed by atoms with E-state index >= 15 is 0 Å². The van der Waals surface area contributed by atoms with Crippen molar-refractivity contribution in [2.24, 2.45) is 0 Å². The molecule has 1 N–H and O–H groups in total. The number of piperazine rings is 1. The van der Waals surface area contributed by atoms with Gasteiger partial charge in [0.05, 0.1) is 11.4 Å². The summed E-state index contributed by atoms with van der Waals surface area (Å²) in [5.74, 6) is -0.842. The highest BCUT2D eigenvalue weighted by atomic mass is 32.2. The van der Waals surface area contributed by atoms with Crippen LogP contribution >= 0.6 is 0 Å². The van der Waals surface area contributed by atoms with Gasteiger partial charge in [-0.05, 0) is 55.5 Å². The number of nitrogens with zero attached hydrogens (tertiary/aromatic N) is 2. The summed E-state index contributed by atoms with van der Waals surface area (Å²) in [5, 5.41) is 0. The van der Waals surface area contributed by atoms with Crippen molar-refractivity contribution in [2.45, 2.75) is 11.8 Å². The molecule has 0 radical (unpaired) electrons. The monoisotopic (exact) mass is 419 g/mol. The van der Waals surface area contributed by atoms with E-state index in [2.05, 4.69) is 9.62 Å². The number of sulfonamides is 1. The van der Waals surface area contributed by atoms with E-state index in [1.165, 1.54) is 6.92 Å². The molecular formula is C20H22FN3O4S. The lowest BCUT2D eigenvalue weighted by Gasteiger charge is -2.36. The standard InChI is InChI=1S/C20H22FN3O4S/c1-15(25)16-2-6-18(7-3-16)23-10-12-24(13-11-23)20(26)14-22-29(27,28)19-8-4-17(21)5-9-19/h2-9,22H,10-14H2,1H3. The SMILES string of the molecule is CC(=O)c1ccc(N2CCN(C(=O)CNS(=O)(=O)c3ccc(F)cc3)CC2)cc1. The average molecular weight is 419 g/mol. The first-order valence-corrected chi connectivity index (χ1v) is 10.6. The molecule has 2 aromatic rings. The summed E-state index contributed by atoms with van der Waals surface area (Å²) in [5.41, 5.74) is 1.62. The minimum absolute atomic E-state index is 0.00931. The molecule has 0 saturated carbocycles. The second kappa shape index (κ2) is 8.71. The van der Waals surface area contributed by atoms with Crippen LogP contribution in [-0.4, -0.2) is 57.7 Å². The Morgan fingerprint density at radius 2 is 1.55 bits per heavy atom.